The zero-order valence-electron chi connectivity index (χ0n) is 15.8. The second-order valence-corrected chi connectivity index (χ2v) is 7.83. The van der Waals surface area contributed by atoms with Crippen LogP contribution in [-0.4, -0.2) is 48.7 Å². The van der Waals surface area contributed by atoms with E-state index in [-0.39, 0.29) is 23.0 Å². The van der Waals surface area contributed by atoms with Crippen molar-refractivity contribution >= 4 is 38.0 Å². The van der Waals surface area contributed by atoms with E-state index in [1.807, 2.05) is 18.2 Å². The molecule has 0 aliphatic carbocycles. The number of ether oxygens (including phenoxy) is 1. The van der Waals surface area contributed by atoms with Gasteiger partial charge in [0.25, 0.3) is 0 Å². The summed E-state index contributed by atoms with van der Waals surface area (Å²) in [5.41, 5.74) is 1.64. The van der Waals surface area contributed by atoms with Crippen LogP contribution in [0.25, 0.3) is 5.69 Å². The molecule has 148 valence electrons. The van der Waals surface area contributed by atoms with Gasteiger partial charge in [0, 0.05) is 0 Å². The van der Waals surface area contributed by atoms with Crippen molar-refractivity contribution < 1.29 is 19.1 Å². The van der Waals surface area contributed by atoms with E-state index in [2.05, 4.69) is 15.4 Å². The number of para-hydroxylation sites is 1. The third-order valence-electron chi connectivity index (χ3n) is 3.66. The van der Waals surface area contributed by atoms with Crippen molar-refractivity contribution in [3.63, 3.8) is 0 Å². The van der Waals surface area contributed by atoms with Crippen molar-refractivity contribution in [2.24, 2.45) is 4.99 Å². The molecule has 0 radical (unpaired) electrons. The molecule has 0 aliphatic rings. The normalized spacial score (nSPS) is 11.2. The molecule has 0 atom stereocenters. The maximum absolute atomic E-state index is 12.6. The van der Waals surface area contributed by atoms with Gasteiger partial charge in [0.05, 0.1) is 0 Å². The molecule has 0 saturated carbocycles. The first-order chi connectivity index (χ1) is 14.0. The Morgan fingerprint density at radius 3 is 2.41 bits per heavy atom. The van der Waals surface area contributed by atoms with Crippen LogP contribution in [0.5, 0.6) is 0 Å². The predicted molar refractivity (Wildman–Crippen MR) is 107 cm³/mol. The molecule has 0 bridgehead atoms. The predicted octanol–water partition coefficient (Wildman–Crippen LogP) is 1.81. The molecule has 0 saturated heterocycles. The average Bonchev–Trinajstić information content (AvgIpc) is 3.12. The quantitative estimate of drug-likeness (QED) is 0.465. The number of nitrogens with one attached hydrogen (secondary N) is 1. The van der Waals surface area contributed by atoms with Gasteiger partial charge in [-0.1, -0.05) is 0 Å². The van der Waals surface area contributed by atoms with Gasteiger partial charge < -0.3 is 0 Å². The first-order valence-corrected chi connectivity index (χ1v) is 10.5. The van der Waals surface area contributed by atoms with Crippen LogP contribution in [0.4, 0.5) is 5.69 Å². The SMILES string of the molecule is CCOC(=O)c1ccc(-n2nc(C(=O)Nc3ccccc3)[se]c2=NC(C)=O)cc1. The van der Waals surface area contributed by atoms with Gasteiger partial charge in [-0.15, -0.1) is 0 Å². The fourth-order valence-corrected chi connectivity index (χ4v) is 4.18. The second-order valence-electron chi connectivity index (χ2n) is 5.82. The topological polar surface area (TPSA) is 103 Å². The molecule has 0 spiro atoms. The minimum absolute atomic E-state index is 0.287. The fraction of sp³-hybridized carbons (Fsp3) is 0.150. The van der Waals surface area contributed by atoms with Crippen LogP contribution in [0.1, 0.15) is 33.6 Å². The van der Waals surface area contributed by atoms with Crippen LogP contribution >= 0.6 is 0 Å². The summed E-state index contributed by atoms with van der Waals surface area (Å²) >= 11 is -0.551. The van der Waals surface area contributed by atoms with Crippen molar-refractivity contribution in [2.45, 2.75) is 13.8 Å². The van der Waals surface area contributed by atoms with Crippen LogP contribution < -0.4 is 9.68 Å². The summed E-state index contributed by atoms with van der Waals surface area (Å²) in [5, 5.41) is 7.15. The second kappa shape index (κ2) is 9.27. The van der Waals surface area contributed by atoms with Gasteiger partial charge in [0.1, 0.15) is 0 Å². The number of hydrogen-bond acceptors (Lipinski definition) is 5. The summed E-state index contributed by atoms with van der Waals surface area (Å²) < 4.78 is 7.11. The summed E-state index contributed by atoms with van der Waals surface area (Å²) in [5.74, 6) is -1.15. The Morgan fingerprint density at radius 1 is 1.10 bits per heavy atom. The van der Waals surface area contributed by atoms with E-state index < -0.39 is 20.5 Å². The first kappa shape index (κ1) is 20.4. The number of benzene rings is 2. The molecule has 0 aliphatic heterocycles. The Labute approximate surface area is 172 Å². The third kappa shape index (κ3) is 5.16. The third-order valence-corrected chi connectivity index (χ3v) is 5.57. The Bertz CT molecular complexity index is 1100. The zero-order chi connectivity index (χ0) is 20.8. The molecular formula is C20H18N4O4Se. The van der Waals surface area contributed by atoms with Crippen molar-refractivity contribution in [2.75, 3.05) is 11.9 Å². The van der Waals surface area contributed by atoms with Gasteiger partial charge in [-0.25, -0.2) is 0 Å². The van der Waals surface area contributed by atoms with Crippen molar-refractivity contribution in [3.05, 3.63) is 69.1 Å². The van der Waals surface area contributed by atoms with Crippen LogP contribution in [0.3, 0.4) is 0 Å². The summed E-state index contributed by atoms with van der Waals surface area (Å²) in [6.45, 7) is 3.36. The number of anilines is 1. The molecule has 9 heteroatoms. The van der Waals surface area contributed by atoms with Crippen LogP contribution in [0.15, 0.2) is 59.6 Å². The summed E-state index contributed by atoms with van der Waals surface area (Å²) in [6, 6.07) is 15.6. The number of carbonyl (C=O) groups is 3. The van der Waals surface area contributed by atoms with Crippen molar-refractivity contribution in [1.29, 1.82) is 0 Å². The molecule has 3 aromatic rings. The molecule has 2 aromatic carbocycles. The molecule has 0 unspecified atom stereocenters. The van der Waals surface area contributed by atoms with Gasteiger partial charge in [-0.2, -0.15) is 0 Å². The van der Waals surface area contributed by atoms with Gasteiger partial charge in [0.15, 0.2) is 0 Å². The summed E-state index contributed by atoms with van der Waals surface area (Å²) in [6.07, 6.45) is 0. The van der Waals surface area contributed by atoms with E-state index in [1.54, 1.807) is 43.3 Å². The molecule has 1 aromatic heterocycles. The van der Waals surface area contributed by atoms with Crippen molar-refractivity contribution in [3.8, 4) is 5.69 Å². The Kier molecular flexibility index (Phi) is 6.53. The average molecular weight is 457 g/mol. The Balaban J connectivity index is 1.95. The van der Waals surface area contributed by atoms with E-state index in [0.29, 0.717) is 21.3 Å². The number of nitrogens with zero attached hydrogens (tertiary/aromatic N) is 3. The number of rotatable bonds is 5. The molecule has 1 N–H and O–H groups in total. The molecule has 3 rings (SSSR count). The molecule has 8 nitrogen and oxygen atoms in total. The van der Waals surface area contributed by atoms with E-state index in [0.717, 1.165) is 0 Å². The van der Waals surface area contributed by atoms with E-state index in [1.165, 1.54) is 11.6 Å². The van der Waals surface area contributed by atoms with E-state index in [9.17, 15) is 14.4 Å². The summed E-state index contributed by atoms with van der Waals surface area (Å²) in [4.78, 5) is 40.0. The van der Waals surface area contributed by atoms with Gasteiger partial charge in [0.2, 0.25) is 0 Å². The fourth-order valence-electron chi connectivity index (χ4n) is 2.41. The molecule has 1 heterocycles. The Morgan fingerprint density at radius 2 is 1.79 bits per heavy atom. The first-order valence-electron chi connectivity index (χ1n) is 8.77. The van der Waals surface area contributed by atoms with Crippen molar-refractivity contribution in [1.82, 2.24) is 9.78 Å². The van der Waals surface area contributed by atoms with Gasteiger partial charge in [-0.05, 0) is 0 Å². The number of hydrogen-bond donors (Lipinski definition) is 1. The Hall–Kier alpha value is -3.29. The minimum atomic E-state index is -0.551. The number of aromatic nitrogens is 2. The molecule has 29 heavy (non-hydrogen) atoms. The number of amides is 2. The van der Waals surface area contributed by atoms with Gasteiger partial charge in [-0.3, -0.25) is 0 Å². The molecule has 0 fully saturated rings. The van der Waals surface area contributed by atoms with E-state index >= 15 is 0 Å². The van der Waals surface area contributed by atoms with E-state index in [4.69, 9.17) is 4.74 Å². The van der Waals surface area contributed by atoms with Crippen LogP contribution in [-0.2, 0) is 9.53 Å². The monoisotopic (exact) mass is 458 g/mol. The van der Waals surface area contributed by atoms with Crippen LogP contribution in [0.2, 0.25) is 0 Å². The zero-order valence-corrected chi connectivity index (χ0v) is 17.5. The molecular weight excluding hydrogens is 439 g/mol. The number of esters is 1. The number of carbonyl (C=O) groups excluding carboxylic acids is 3. The maximum atomic E-state index is 12.6. The standard InChI is InChI=1S/C20H18N4O4Se/c1-3-28-19(27)14-9-11-16(12-10-14)24-20(21-13(2)25)29-18(23-24)17(26)22-15-7-5-4-6-8-15/h4-12H,3H2,1-2H3,(H,22,26). The summed E-state index contributed by atoms with van der Waals surface area (Å²) in [7, 11) is 0. The van der Waals surface area contributed by atoms with Crippen LogP contribution in [0, 0.1) is 0 Å². The molecule has 2 amide bonds. The van der Waals surface area contributed by atoms with Gasteiger partial charge >= 0.3 is 172 Å².